The predicted octanol–water partition coefficient (Wildman–Crippen LogP) is 2.24. The van der Waals surface area contributed by atoms with Gasteiger partial charge >= 0.3 is 6.09 Å². The molecule has 1 N–H and O–H groups in total. The molecule has 0 atom stereocenters. The second-order valence-electron chi connectivity index (χ2n) is 4.08. The van der Waals surface area contributed by atoms with Crippen LogP contribution in [0.15, 0.2) is 18.2 Å². The molecule has 0 bridgehead atoms. The smallest absolute Gasteiger partial charge is 0.414 e. The van der Waals surface area contributed by atoms with Gasteiger partial charge in [0.15, 0.2) is 0 Å². The number of ether oxygens (including phenoxy) is 1. The van der Waals surface area contributed by atoms with Gasteiger partial charge in [0.25, 0.3) is 11.6 Å². The largest absolute Gasteiger partial charge is 0.449 e. The number of terminal acetylenes is 1. The Morgan fingerprint density at radius 3 is 2.76 bits per heavy atom. The summed E-state index contributed by atoms with van der Waals surface area (Å²) >= 11 is 0. The lowest BCUT2D eigenvalue weighted by atomic mass is 10.1. The molecule has 21 heavy (non-hydrogen) atoms. The number of carbonyl (C=O) groups is 2. The van der Waals surface area contributed by atoms with Gasteiger partial charge in [-0.1, -0.05) is 19.3 Å². The predicted molar refractivity (Wildman–Crippen MR) is 74.8 cm³/mol. The van der Waals surface area contributed by atoms with Crippen LogP contribution in [0.25, 0.3) is 0 Å². The van der Waals surface area contributed by atoms with E-state index in [1.807, 2.05) is 12.2 Å². The lowest BCUT2D eigenvalue weighted by Gasteiger charge is -2.06. The Hall–Kier alpha value is -2.88. The van der Waals surface area contributed by atoms with Crippen molar-refractivity contribution in [2.24, 2.45) is 0 Å². The minimum atomic E-state index is -0.892. The number of imide groups is 1. The van der Waals surface area contributed by atoms with Crippen LogP contribution in [0.3, 0.4) is 0 Å². The highest BCUT2D eigenvalue weighted by Gasteiger charge is 2.18. The molecule has 1 rings (SSSR count). The van der Waals surface area contributed by atoms with Crippen LogP contribution in [0.4, 0.5) is 10.5 Å². The molecule has 0 spiro atoms. The molecule has 2 amide bonds. The molecule has 7 nitrogen and oxygen atoms in total. The van der Waals surface area contributed by atoms with E-state index >= 15 is 0 Å². The van der Waals surface area contributed by atoms with E-state index in [0.717, 1.165) is 12.5 Å². The summed E-state index contributed by atoms with van der Waals surface area (Å²) in [6.07, 6.45) is 5.78. The number of benzene rings is 1. The zero-order valence-corrected chi connectivity index (χ0v) is 11.4. The highest BCUT2D eigenvalue weighted by atomic mass is 16.6. The lowest BCUT2D eigenvalue weighted by Crippen LogP contribution is -2.31. The van der Waals surface area contributed by atoms with Gasteiger partial charge in [0, 0.05) is 11.6 Å². The van der Waals surface area contributed by atoms with E-state index in [0.29, 0.717) is 6.42 Å². The van der Waals surface area contributed by atoms with Crippen molar-refractivity contribution < 1.29 is 19.2 Å². The molecule has 0 aromatic heterocycles. The summed E-state index contributed by atoms with van der Waals surface area (Å²) < 4.78 is 4.76. The van der Waals surface area contributed by atoms with E-state index in [-0.39, 0.29) is 23.4 Å². The van der Waals surface area contributed by atoms with E-state index < -0.39 is 16.9 Å². The summed E-state index contributed by atoms with van der Waals surface area (Å²) in [7, 11) is 0. The summed E-state index contributed by atoms with van der Waals surface area (Å²) in [5.41, 5.74) is -0.361. The fraction of sp³-hybridized carbons (Fsp3) is 0.286. The molecule has 0 saturated heterocycles. The molecule has 7 heteroatoms. The van der Waals surface area contributed by atoms with Crippen molar-refractivity contribution in [3.8, 4) is 12.3 Å². The topological polar surface area (TPSA) is 98.5 Å². The molecule has 0 saturated carbocycles. The van der Waals surface area contributed by atoms with Crippen LogP contribution >= 0.6 is 0 Å². The number of hydrogen-bond donors (Lipinski definition) is 1. The van der Waals surface area contributed by atoms with Gasteiger partial charge < -0.3 is 4.74 Å². The quantitative estimate of drug-likeness (QED) is 0.388. The van der Waals surface area contributed by atoms with Crippen molar-refractivity contribution in [1.29, 1.82) is 0 Å². The maximum atomic E-state index is 11.8. The third-order valence-corrected chi connectivity index (χ3v) is 2.56. The monoisotopic (exact) mass is 290 g/mol. The number of hydrogen-bond acceptors (Lipinski definition) is 5. The molecule has 0 radical (unpaired) electrons. The van der Waals surface area contributed by atoms with E-state index in [9.17, 15) is 19.7 Å². The van der Waals surface area contributed by atoms with Crippen LogP contribution in [0.5, 0.6) is 0 Å². The lowest BCUT2D eigenvalue weighted by molar-refractivity contribution is -0.385. The van der Waals surface area contributed by atoms with Crippen LogP contribution in [0, 0.1) is 22.5 Å². The van der Waals surface area contributed by atoms with Crippen LogP contribution in [0.2, 0.25) is 0 Å². The Balaban J connectivity index is 2.79. The van der Waals surface area contributed by atoms with Crippen LogP contribution in [-0.2, 0) is 4.74 Å². The number of nitro groups is 1. The van der Waals surface area contributed by atoms with Gasteiger partial charge in [-0.15, -0.1) is 6.42 Å². The van der Waals surface area contributed by atoms with Crippen molar-refractivity contribution >= 4 is 17.7 Å². The summed E-state index contributed by atoms with van der Waals surface area (Å²) in [6.45, 7) is 2.13. The number of carbonyl (C=O) groups excluding carboxylic acids is 2. The van der Waals surface area contributed by atoms with Crippen molar-refractivity contribution in [2.75, 3.05) is 6.61 Å². The van der Waals surface area contributed by atoms with Gasteiger partial charge in [0.2, 0.25) is 0 Å². The average Bonchev–Trinajstić information content (AvgIpc) is 2.46. The van der Waals surface area contributed by atoms with E-state index in [4.69, 9.17) is 11.2 Å². The summed E-state index contributed by atoms with van der Waals surface area (Å²) in [5.74, 6) is 1.36. The summed E-state index contributed by atoms with van der Waals surface area (Å²) in [4.78, 5) is 33.2. The zero-order chi connectivity index (χ0) is 15.8. The number of nitro benzene ring substituents is 1. The molecular formula is C14H14N2O5. The minimum Gasteiger partial charge on any atom is -0.449 e. The van der Waals surface area contributed by atoms with Crippen LogP contribution < -0.4 is 5.32 Å². The molecule has 1 aromatic carbocycles. The maximum absolute atomic E-state index is 11.8. The molecule has 0 fully saturated rings. The van der Waals surface area contributed by atoms with Gasteiger partial charge in [-0.2, -0.15) is 0 Å². The van der Waals surface area contributed by atoms with Crippen molar-refractivity contribution in [1.82, 2.24) is 5.32 Å². The highest BCUT2D eigenvalue weighted by Crippen LogP contribution is 2.19. The second kappa shape index (κ2) is 7.65. The Kier molecular flexibility index (Phi) is 5.89. The molecule has 1 aromatic rings. The SMILES string of the molecule is C#Cc1ccc(C(=O)NC(=O)OCCCC)cc1[N+](=O)[O-]. The molecular weight excluding hydrogens is 276 g/mol. The first kappa shape index (κ1) is 16.2. The molecule has 0 heterocycles. The second-order valence-corrected chi connectivity index (χ2v) is 4.08. The summed E-state index contributed by atoms with van der Waals surface area (Å²) in [6, 6.07) is 3.59. The maximum Gasteiger partial charge on any atom is 0.414 e. The minimum absolute atomic E-state index is 0.0480. The first-order valence-corrected chi connectivity index (χ1v) is 6.22. The fourth-order valence-electron chi connectivity index (χ4n) is 1.46. The Morgan fingerprint density at radius 1 is 1.48 bits per heavy atom. The fourth-order valence-corrected chi connectivity index (χ4v) is 1.46. The van der Waals surface area contributed by atoms with Crippen molar-refractivity contribution in [3.05, 3.63) is 39.4 Å². The Labute approximate surface area is 121 Å². The number of alkyl carbamates (subject to hydrolysis) is 1. The molecule has 110 valence electrons. The third kappa shape index (κ3) is 4.62. The normalized spacial score (nSPS) is 9.52. The van der Waals surface area contributed by atoms with Crippen molar-refractivity contribution in [2.45, 2.75) is 19.8 Å². The van der Waals surface area contributed by atoms with E-state index in [1.54, 1.807) is 0 Å². The standard InChI is InChI=1S/C14H14N2O5/c1-3-5-8-21-14(18)15-13(17)11-7-6-10(4-2)12(9-11)16(19)20/h2,6-7,9H,3,5,8H2,1H3,(H,15,17,18). The highest BCUT2D eigenvalue weighted by molar-refractivity contribution is 6.03. The molecule has 0 unspecified atom stereocenters. The number of rotatable bonds is 5. The van der Waals surface area contributed by atoms with Gasteiger partial charge in [-0.05, 0) is 18.6 Å². The molecule has 0 aliphatic rings. The average molecular weight is 290 g/mol. The van der Waals surface area contributed by atoms with Gasteiger partial charge in [0.1, 0.15) is 5.56 Å². The molecule has 0 aliphatic carbocycles. The van der Waals surface area contributed by atoms with Gasteiger partial charge in [0.05, 0.1) is 11.5 Å². The van der Waals surface area contributed by atoms with Gasteiger partial charge in [-0.25, -0.2) is 4.79 Å². The van der Waals surface area contributed by atoms with E-state index in [2.05, 4.69) is 5.92 Å². The van der Waals surface area contributed by atoms with Crippen LogP contribution in [0.1, 0.15) is 35.7 Å². The van der Waals surface area contributed by atoms with Gasteiger partial charge in [-0.3, -0.25) is 20.2 Å². The Morgan fingerprint density at radius 2 is 2.19 bits per heavy atom. The zero-order valence-electron chi connectivity index (χ0n) is 11.4. The third-order valence-electron chi connectivity index (χ3n) is 2.56. The molecule has 0 aliphatic heterocycles. The van der Waals surface area contributed by atoms with E-state index in [1.165, 1.54) is 12.1 Å². The number of amides is 2. The first-order valence-electron chi connectivity index (χ1n) is 6.22. The number of unbranched alkanes of at least 4 members (excludes halogenated alkanes) is 1. The number of nitrogens with zero attached hydrogens (tertiary/aromatic N) is 1. The summed E-state index contributed by atoms with van der Waals surface area (Å²) in [5, 5.41) is 12.8. The first-order chi connectivity index (χ1) is 9.99. The number of nitrogens with one attached hydrogen (secondary N) is 1. The Bertz CT molecular complexity index is 604. The van der Waals surface area contributed by atoms with Crippen LogP contribution in [-0.4, -0.2) is 23.5 Å². The van der Waals surface area contributed by atoms with Crippen molar-refractivity contribution in [3.63, 3.8) is 0 Å².